The number of para-hydroxylation sites is 1. The van der Waals surface area contributed by atoms with Crippen LogP contribution in [0.4, 0.5) is 5.69 Å². The highest BCUT2D eigenvalue weighted by atomic mass is 16.6. The Labute approximate surface area is 568 Å². The number of ether oxygens (including phenoxy) is 5. The van der Waals surface area contributed by atoms with E-state index in [2.05, 4.69) is 179 Å². The number of nitrogens with one attached hydrogen (secondary N) is 3. The van der Waals surface area contributed by atoms with E-state index in [1.807, 2.05) is 58.2 Å². The van der Waals surface area contributed by atoms with E-state index < -0.39 is 22.3 Å². The van der Waals surface area contributed by atoms with Gasteiger partial charge in [-0.1, -0.05) is 178 Å². The Morgan fingerprint density at radius 1 is 0.761 bits per heavy atom. The fourth-order valence-corrected chi connectivity index (χ4v) is 12.2. The largest absolute Gasteiger partial charge is 0.496 e. The van der Waals surface area contributed by atoms with Crippen LogP contribution in [0.1, 0.15) is 217 Å². The molecule has 2 aliphatic heterocycles. The first kappa shape index (κ1) is 90.2. The third-order valence-corrected chi connectivity index (χ3v) is 19.1. The van der Waals surface area contributed by atoms with E-state index in [9.17, 15) is 15.3 Å². The third-order valence-electron chi connectivity index (χ3n) is 19.1. The molecule has 0 bridgehead atoms. The molecule has 0 aromatic heterocycles. The summed E-state index contributed by atoms with van der Waals surface area (Å²) in [6, 6.07) is 10.1. The van der Waals surface area contributed by atoms with Gasteiger partial charge in [0.1, 0.15) is 28.3 Å². The van der Waals surface area contributed by atoms with Gasteiger partial charge in [0.2, 0.25) is 0 Å². The van der Waals surface area contributed by atoms with Crippen LogP contribution in [0, 0.1) is 49.9 Å². The smallest absolute Gasteiger partial charge is 0.182 e. The average Bonchev–Trinajstić information content (AvgIpc) is 0.708. The van der Waals surface area contributed by atoms with Crippen molar-refractivity contribution in [1.29, 1.82) is 0 Å². The summed E-state index contributed by atoms with van der Waals surface area (Å²) in [7, 11) is 21.4. The van der Waals surface area contributed by atoms with Gasteiger partial charge in [-0.15, -0.1) is 0 Å². The van der Waals surface area contributed by atoms with E-state index in [1.165, 1.54) is 128 Å². The maximum atomic E-state index is 10.8. The number of quaternary nitrogens is 2. The average molecular weight is 1290 g/mol. The minimum Gasteiger partial charge on any atom is -0.496 e. The number of anilines is 1. The molecular weight excluding hydrogens is 1140 g/mol. The molecule has 6 unspecified atom stereocenters. The highest BCUT2D eigenvalue weighted by molar-refractivity contribution is 5.59. The molecule has 0 amide bonds. The van der Waals surface area contributed by atoms with Crippen molar-refractivity contribution < 1.29 is 48.4 Å². The summed E-state index contributed by atoms with van der Waals surface area (Å²) in [6.07, 6.45) is 30.3. The number of nitrogens with zero attached hydrogens (tertiary/aromatic N) is 1. The fourth-order valence-electron chi connectivity index (χ4n) is 12.2. The first-order chi connectivity index (χ1) is 42.7. The molecule has 5 rings (SSSR count). The van der Waals surface area contributed by atoms with Crippen molar-refractivity contribution in [1.82, 2.24) is 5.32 Å². The molecule has 0 saturated carbocycles. The minimum absolute atomic E-state index is 0.301. The summed E-state index contributed by atoms with van der Waals surface area (Å²) in [4.78, 5) is 1.42. The quantitative estimate of drug-likeness (QED) is 0.0343. The number of aliphatic hydroxyl groups excluding tert-OH is 1. The molecule has 3 aliphatic rings. The van der Waals surface area contributed by atoms with Gasteiger partial charge in [-0.25, -0.2) is 0 Å². The number of allylic oxidation sites excluding steroid dienone is 9. The number of hydrogen-bond donors (Lipinski definition) is 6. The van der Waals surface area contributed by atoms with Crippen molar-refractivity contribution in [3.05, 3.63) is 111 Å². The SMILES string of the molecule is CC.CNC1(C)C(C)OC(C)(CO)C(C)(O)C1(C)O.CNc1ccccc1.COC/C=C(C)/C=C/C=C(C)/C=C/C1=C(C)CCCC1(C)C.COC[N+](C)(C)C.COc1c(C)c(C)c2c(c1C)C[C@@H](CCC[C@H](C)CCC[C@H](C)CCCC(C)C)C(C)O2.C[NH+](C)C. The molecule has 2 heterocycles. The van der Waals surface area contributed by atoms with Gasteiger partial charge >= 0.3 is 0 Å². The van der Waals surface area contributed by atoms with Crippen LogP contribution in [0.5, 0.6) is 11.5 Å². The Kier molecular flexibility index (Phi) is 44.0. The van der Waals surface area contributed by atoms with Gasteiger partial charge in [0.05, 0.1) is 80.4 Å². The number of likely N-dealkylation sites (N-methyl/N-ethyl adjacent to an activating group) is 1. The monoisotopic (exact) mass is 1290 g/mol. The van der Waals surface area contributed by atoms with Crippen LogP contribution in [-0.2, 0) is 20.6 Å². The number of methoxy groups -OCH3 is 3. The van der Waals surface area contributed by atoms with E-state index in [4.69, 9.17) is 23.7 Å². The van der Waals surface area contributed by atoms with Crippen molar-refractivity contribution in [2.75, 3.05) is 103 Å². The van der Waals surface area contributed by atoms with Crippen LogP contribution in [-0.4, -0.2) is 152 Å². The van der Waals surface area contributed by atoms with Crippen molar-refractivity contribution in [2.45, 2.75) is 256 Å². The van der Waals surface area contributed by atoms with Crippen molar-refractivity contribution in [3.8, 4) is 11.5 Å². The summed E-state index contributed by atoms with van der Waals surface area (Å²) < 4.78 is 28.7. The number of aliphatic hydroxyl groups is 3. The topological polar surface area (TPSA) is 135 Å². The third kappa shape index (κ3) is 30.9. The highest BCUT2D eigenvalue weighted by Crippen LogP contribution is 2.49. The van der Waals surface area contributed by atoms with Crippen molar-refractivity contribution >= 4 is 5.69 Å². The Morgan fingerprint density at radius 3 is 1.75 bits per heavy atom. The molecule has 2 aromatic rings. The zero-order chi connectivity index (χ0) is 71.4. The summed E-state index contributed by atoms with van der Waals surface area (Å²) in [5.74, 6) is 5.38. The Hall–Kier alpha value is -3.82. The molecule has 1 aliphatic carbocycles. The number of rotatable bonds is 24. The molecular formula is C80H148N4O8+2. The zero-order valence-corrected chi connectivity index (χ0v) is 65.5. The molecule has 0 spiro atoms. The van der Waals surface area contributed by atoms with Crippen LogP contribution in [0.25, 0.3) is 0 Å². The van der Waals surface area contributed by atoms with E-state index in [0.717, 1.165) is 52.6 Å². The van der Waals surface area contributed by atoms with Gasteiger partial charge in [0, 0.05) is 32.5 Å². The van der Waals surface area contributed by atoms with Gasteiger partial charge in [-0.05, 0) is 186 Å². The van der Waals surface area contributed by atoms with Crippen LogP contribution in [0.2, 0.25) is 0 Å². The lowest BCUT2D eigenvalue weighted by atomic mass is 9.60. The number of benzene rings is 2. The van der Waals surface area contributed by atoms with Gasteiger partial charge in [0.25, 0.3) is 0 Å². The molecule has 1 fully saturated rings. The zero-order valence-electron chi connectivity index (χ0n) is 65.5. The fraction of sp³-hybridized carbons (Fsp3) is 0.725. The maximum absolute atomic E-state index is 10.8. The summed E-state index contributed by atoms with van der Waals surface area (Å²) in [5.41, 5.74) is 7.12. The predicted molar refractivity (Wildman–Crippen MR) is 398 cm³/mol. The summed E-state index contributed by atoms with van der Waals surface area (Å²) in [5, 5.41) is 36.9. The predicted octanol–water partition coefficient (Wildman–Crippen LogP) is 16.6. The lowest BCUT2D eigenvalue weighted by Gasteiger charge is -2.63. The molecule has 534 valence electrons. The maximum Gasteiger partial charge on any atom is 0.182 e. The first-order valence-electron chi connectivity index (χ1n) is 35.2. The molecule has 12 nitrogen and oxygen atoms in total. The van der Waals surface area contributed by atoms with Gasteiger partial charge in [-0.2, -0.15) is 0 Å². The number of fused-ring (bicyclic) bond motifs is 1. The lowest BCUT2D eigenvalue weighted by molar-refractivity contribution is -0.890. The van der Waals surface area contributed by atoms with E-state index in [1.54, 1.807) is 54.7 Å². The van der Waals surface area contributed by atoms with Crippen LogP contribution in [0.3, 0.4) is 0 Å². The summed E-state index contributed by atoms with van der Waals surface area (Å²) >= 11 is 0. The lowest BCUT2D eigenvalue weighted by Crippen LogP contribution is -3.02. The van der Waals surface area contributed by atoms with Crippen LogP contribution in [0.15, 0.2) is 89.1 Å². The highest BCUT2D eigenvalue weighted by Gasteiger charge is 2.68. The molecule has 6 N–H and O–H groups in total. The van der Waals surface area contributed by atoms with E-state index >= 15 is 0 Å². The van der Waals surface area contributed by atoms with Gasteiger partial charge in [0.15, 0.2) is 6.73 Å². The van der Waals surface area contributed by atoms with E-state index in [-0.39, 0.29) is 12.7 Å². The Morgan fingerprint density at radius 2 is 1.30 bits per heavy atom. The molecule has 9 atom stereocenters. The van der Waals surface area contributed by atoms with Crippen molar-refractivity contribution in [2.24, 2.45) is 29.1 Å². The molecule has 92 heavy (non-hydrogen) atoms. The van der Waals surface area contributed by atoms with Crippen LogP contribution < -0.4 is 25.0 Å². The standard InChI is InChI=1S/C30H52O2.C21H32O.C12H25NO4.C7H9N.C5H14NO.C3H9N.C2H6/c1-20(2)13-10-14-21(3)15-11-16-22(4)17-12-18-27-19-28-25(7)29(31-9)23(5)24(6)30(28)32-26(27)8;1-17(9-7-10-18(2)14-16-22-6)12-13-20-19(3)11-8-15-21(20,4)5;1-8-10(3,13-6)12(5,16)11(4,15)9(2,7-14)17-8;1-8-7-5-3-2-4-6-7;1-6(2,3)5-7-4;1-4(2)3;1-2/h20-22,26-27H,10-19H2,1-9H3;7,9-10,12-14H,8,11,15-16H2,1-6H3;8,13-16H,7H2,1-6H3;2-6,8H,1H3;5H2,1-4H3;1-3H3;1-2H3/q;;;;+1;;/p+1/b;10-7+,13-12+,17-9+,18-14+;;;;;/t21-,22-,26?,27-;;;;;;/m1....../s1. The number of hydrogen-bond acceptors (Lipinski definition) is 10. The van der Waals surface area contributed by atoms with Gasteiger partial charge in [-0.3, -0.25) is 0 Å². The second-order valence-corrected chi connectivity index (χ2v) is 29.9. The summed E-state index contributed by atoms with van der Waals surface area (Å²) in [6.45, 7) is 43.0. The van der Waals surface area contributed by atoms with Crippen LogP contribution >= 0.6 is 0 Å². The second kappa shape index (κ2) is 44.8. The Bertz CT molecular complexity index is 2460. The molecule has 0 radical (unpaired) electrons. The second-order valence-electron chi connectivity index (χ2n) is 29.9. The minimum atomic E-state index is -1.58. The van der Waals surface area contributed by atoms with E-state index in [0.29, 0.717) is 24.0 Å². The molecule has 12 heteroatoms. The van der Waals surface area contributed by atoms with Crippen molar-refractivity contribution in [3.63, 3.8) is 0 Å². The Balaban J connectivity index is 0. The molecule has 2 aromatic carbocycles. The first-order valence-corrected chi connectivity index (χ1v) is 35.2. The van der Waals surface area contributed by atoms with Gasteiger partial charge < -0.3 is 59.0 Å². The normalized spacial score (nSPS) is 24.3. The molecule has 1 saturated heterocycles.